The molecule has 6 nitrogen and oxygen atoms in total. The first-order valence-corrected chi connectivity index (χ1v) is 6.09. The van der Waals surface area contributed by atoms with E-state index in [9.17, 15) is 4.79 Å². The molecule has 0 aliphatic carbocycles. The van der Waals surface area contributed by atoms with Crippen LogP contribution < -0.4 is 19.9 Å². The molecule has 1 atom stereocenters. The molecule has 1 fully saturated rings. The highest BCUT2D eigenvalue weighted by Gasteiger charge is 2.26. The number of benzene rings is 1. The molecule has 1 aliphatic heterocycles. The highest BCUT2D eigenvalue weighted by molar-refractivity contribution is 5.72. The molecule has 1 aromatic carbocycles. The minimum atomic E-state index is -0.417. The fourth-order valence-electron chi connectivity index (χ4n) is 2.05. The topological polar surface area (TPSA) is 74.0 Å². The highest BCUT2D eigenvalue weighted by Crippen LogP contribution is 2.36. The van der Waals surface area contributed by atoms with Gasteiger partial charge in [0.05, 0.1) is 14.2 Å². The van der Waals surface area contributed by atoms with Gasteiger partial charge in [0.15, 0.2) is 11.5 Å². The molecule has 1 aliphatic rings. The van der Waals surface area contributed by atoms with Crippen LogP contribution >= 0.6 is 0 Å². The average molecular weight is 266 g/mol. The van der Waals surface area contributed by atoms with Crippen LogP contribution in [0.1, 0.15) is 6.42 Å². The molecule has 2 N–H and O–H groups in total. The van der Waals surface area contributed by atoms with Gasteiger partial charge >= 0.3 is 6.09 Å². The summed E-state index contributed by atoms with van der Waals surface area (Å²) in [6.45, 7) is 1.14. The summed E-state index contributed by atoms with van der Waals surface area (Å²) >= 11 is 0. The van der Waals surface area contributed by atoms with Crippen molar-refractivity contribution in [2.45, 2.75) is 12.5 Å². The van der Waals surface area contributed by atoms with Crippen molar-refractivity contribution in [3.05, 3.63) is 18.2 Å². The van der Waals surface area contributed by atoms with Crippen molar-refractivity contribution in [1.82, 2.24) is 4.90 Å². The van der Waals surface area contributed by atoms with E-state index in [1.54, 1.807) is 23.1 Å². The second-order valence-corrected chi connectivity index (χ2v) is 4.35. The third kappa shape index (κ3) is 2.90. The summed E-state index contributed by atoms with van der Waals surface area (Å²) < 4.78 is 15.7. The quantitative estimate of drug-likeness (QED) is 0.890. The molecule has 0 bridgehead atoms. The number of hydrogen-bond acceptors (Lipinski definition) is 5. The molecule has 19 heavy (non-hydrogen) atoms. The van der Waals surface area contributed by atoms with Crippen molar-refractivity contribution in [2.75, 3.05) is 27.3 Å². The first kappa shape index (κ1) is 13.5. The van der Waals surface area contributed by atoms with Gasteiger partial charge in [-0.3, -0.25) is 0 Å². The summed E-state index contributed by atoms with van der Waals surface area (Å²) in [6, 6.07) is 5.16. The SMILES string of the molecule is COc1cccc(OC(=O)N2CCC(N)C2)c1OC. The molecule has 6 heteroatoms. The third-order valence-corrected chi connectivity index (χ3v) is 3.05. The number of nitrogens with zero attached hydrogens (tertiary/aromatic N) is 1. The number of likely N-dealkylation sites (tertiary alicyclic amines) is 1. The molecular formula is C13H18N2O4. The van der Waals surface area contributed by atoms with Crippen molar-refractivity contribution >= 4 is 6.09 Å². The van der Waals surface area contributed by atoms with Gasteiger partial charge in [-0.05, 0) is 18.6 Å². The van der Waals surface area contributed by atoms with Gasteiger partial charge in [0.25, 0.3) is 0 Å². The lowest BCUT2D eigenvalue weighted by atomic mass is 10.3. The Morgan fingerprint density at radius 3 is 2.63 bits per heavy atom. The number of hydrogen-bond donors (Lipinski definition) is 1. The third-order valence-electron chi connectivity index (χ3n) is 3.05. The first-order chi connectivity index (χ1) is 9.15. The summed E-state index contributed by atoms with van der Waals surface area (Å²) in [5.41, 5.74) is 5.76. The Morgan fingerprint density at radius 2 is 2.05 bits per heavy atom. The molecule has 0 spiro atoms. The maximum absolute atomic E-state index is 12.0. The Bertz CT molecular complexity index is 464. The Balaban J connectivity index is 2.12. The van der Waals surface area contributed by atoms with Crippen LogP contribution in [0.5, 0.6) is 17.2 Å². The van der Waals surface area contributed by atoms with Crippen molar-refractivity contribution in [3.8, 4) is 17.2 Å². The van der Waals surface area contributed by atoms with Crippen LogP contribution in [0.2, 0.25) is 0 Å². The van der Waals surface area contributed by atoms with Gasteiger partial charge in [0, 0.05) is 19.1 Å². The van der Waals surface area contributed by atoms with E-state index >= 15 is 0 Å². The lowest BCUT2D eigenvalue weighted by Crippen LogP contribution is -2.34. The minimum Gasteiger partial charge on any atom is -0.493 e. The molecule has 1 heterocycles. The van der Waals surface area contributed by atoms with Gasteiger partial charge in [-0.2, -0.15) is 0 Å². The van der Waals surface area contributed by atoms with Crippen molar-refractivity contribution < 1.29 is 19.0 Å². The van der Waals surface area contributed by atoms with Crippen LogP contribution in [0.4, 0.5) is 4.79 Å². The number of methoxy groups -OCH3 is 2. The maximum atomic E-state index is 12.0. The number of carbonyl (C=O) groups excluding carboxylic acids is 1. The summed E-state index contributed by atoms with van der Waals surface area (Å²) in [6.07, 6.45) is 0.379. The molecule has 1 amide bonds. The van der Waals surface area contributed by atoms with Gasteiger partial charge < -0.3 is 24.8 Å². The normalized spacial score (nSPS) is 18.3. The maximum Gasteiger partial charge on any atom is 0.415 e. The van der Waals surface area contributed by atoms with E-state index in [0.29, 0.717) is 30.3 Å². The zero-order valence-electron chi connectivity index (χ0n) is 11.1. The van der Waals surface area contributed by atoms with Gasteiger partial charge in [0.1, 0.15) is 0 Å². The Labute approximate surface area is 112 Å². The second kappa shape index (κ2) is 5.79. The molecule has 104 valence electrons. The number of ether oxygens (including phenoxy) is 3. The Hall–Kier alpha value is -1.95. The van der Waals surface area contributed by atoms with Gasteiger partial charge in [-0.15, -0.1) is 0 Å². The highest BCUT2D eigenvalue weighted by atomic mass is 16.6. The number of amides is 1. The molecule has 1 unspecified atom stereocenters. The smallest absolute Gasteiger partial charge is 0.415 e. The first-order valence-electron chi connectivity index (χ1n) is 6.09. The molecular weight excluding hydrogens is 248 g/mol. The number of para-hydroxylation sites is 1. The Morgan fingerprint density at radius 1 is 1.32 bits per heavy atom. The molecule has 0 aromatic heterocycles. The average Bonchev–Trinajstić information content (AvgIpc) is 2.85. The van der Waals surface area contributed by atoms with Gasteiger partial charge in [-0.25, -0.2) is 4.79 Å². The van der Waals surface area contributed by atoms with Crippen LogP contribution in [-0.4, -0.2) is 44.3 Å². The largest absolute Gasteiger partial charge is 0.493 e. The van der Waals surface area contributed by atoms with Crippen molar-refractivity contribution in [2.24, 2.45) is 5.73 Å². The fraction of sp³-hybridized carbons (Fsp3) is 0.462. The second-order valence-electron chi connectivity index (χ2n) is 4.35. The fourth-order valence-corrected chi connectivity index (χ4v) is 2.05. The monoisotopic (exact) mass is 266 g/mol. The summed E-state index contributed by atoms with van der Waals surface area (Å²) in [7, 11) is 3.03. The van der Waals surface area contributed by atoms with Gasteiger partial charge in [-0.1, -0.05) is 6.07 Å². The van der Waals surface area contributed by atoms with E-state index < -0.39 is 6.09 Å². The van der Waals surface area contributed by atoms with Crippen LogP contribution in [0.15, 0.2) is 18.2 Å². The van der Waals surface area contributed by atoms with E-state index in [2.05, 4.69) is 0 Å². The lowest BCUT2D eigenvalue weighted by Gasteiger charge is -2.17. The molecule has 0 saturated carbocycles. The summed E-state index contributed by atoms with van der Waals surface area (Å²) in [5, 5.41) is 0. The molecule has 1 saturated heterocycles. The molecule has 1 aromatic rings. The van der Waals surface area contributed by atoms with E-state index in [-0.39, 0.29) is 6.04 Å². The van der Waals surface area contributed by atoms with Crippen molar-refractivity contribution in [3.63, 3.8) is 0 Å². The summed E-state index contributed by atoms with van der Waals surface area (Å²) in [5.74, 6) is 1.26. The predicted molar refractivity (Wildman–Crippen MR) is 69.7 cm³/mol. The zero-order valence-corrected chi connectivity index (χ0v) is 11.1. The van der Waals surface area contributed by atoms with Gasteiger partial charge in [0.2, 0.25) is 5.75 Å². The number of nitrogens with two attached hydrogens (primary N) is 1. The zero-order chi connectivity index (χ0) is 13.8. The number of rotatable bonds is 3. The van der Waals surface area contributed by atoms with Crippen LogP contribution in [0.25, 0.3) is 0 Å². The van der Waals surface area contributed by atoms with Crippen LogP contribution in [-0.2, 0) is 0 Å². The molecule has 2 rings (SSSR count). The van der Waals surface area contributed by atoms with E-state index in [0.717, 1.165) is 6.42 Å². The Kier molecular flexibility index (Phi) is 4.11. The molecule has 0 radical (unpaired) electrons. The van der Waals surface area contributed by atoms with Crippen LogP contribution in [0.3, 0.4) is 0 Å². The van der Waals surface area contributed by atoms with E-state index in [4.69, 9.17) is 19.9 Å². The summed E-state index contributed by atoms with van der Waals surface area (Å²) in [4.78, 5) is 13.6. The predicted octanol–water partition coefficient (Wildman–Crippen LogP) is 1.24. The van der Waals surface area contributed by atoms with E-state index in [1.165, 1.54) is 14.2 Å². The number of carbonyl (C=O) groups is 1. The standard InChI is InChI=1S/C13H18N2O4/c1-17-10-4-3-5-11(12(10)18-2)19-13(16)15-7-6-9(14)8-15/h3-5,9H,6-8,14H2,1-2H3. The van der Waals surface area contributed by atoms with E-state index in [1.807, 2.05) is 0 Å². The lowest BCUT2D eigenvalue weighted by molar-refractivity contribution is 0.160. The van der Waals surface area contributed by atoms with Crippen molar-refractivity contribution in [1.29, 1.82) is 0 Å². The minimum absolute atomic E-state index is 0.0276. The van der Waals surface area contributed by atoms with Crippen LogP contribution in [0, 0.1) is 0 Å².